The minimum absolute atomic E-state index is 0.0779. The van der Waals surface area contributed by atoms with Crippen molar-refractivity contribution in [3.05, 3.63) is 29.6 Å². The quantitative estimate of drug-likeness (QED) is 0.660. The van der Waals surface area contributed by atoms with Crippen LogP contribution in [0.4, 0.5) is 0 Å². The van der Waals surface area contributed by atoms with Gasteiger partial charge in [0.15, 0.2) is 5.78 Å². The Labute approximate surface area is 87.4 Å². The number of pyridine rings is 1. The van der Waals surface area contributed by atoms with E-state index in [0.717, 1.165) is 22.8 Å². The van der Waals surface area contributed by atoms with Gasteiger partial charge in [-0.05, 0) is 25.5 Å². The fraction of sp³-hybridized carbons (Fsp3) is 0.273. The molecule has 1 aliphatic heterocycles. The molecule has 0 amide bonds. The van der Waals surface area contributed by atoms with Gasteiger partial charge in [0.2, 0.25) is 0 Å². The van der Waals surface area contributed by atoms with Gasteiger partial charge in [0.1, 0.15) is 0 Å². The fourth-order valence-corrected chi connectivity index (χ4v) is 2.27. The first-order valence-electron chi connectivity index (χ1n) is 4.58. The van der Waals surface area contributed by atoms with Gasteiger partial charge in [0.25, 0.3) is 0 Å². The minimum atomic E-state index is 0.0779. The van der Waals surface area contributed by atoms with Crippen molar-refractivity contribution in [2.75, 3.05) is 5.75 Å². The number of hydrogen-bond donors (Lipinski definition) is 0. The fourth-order valence-electron chi connectivity index (χ4n) is 1.32. The first kappa shape index (κ1) is 9.46. The summed E-state index contributed by atoms with van der Waals surface area (Å²) in [4.78, 5) is 16.5. The Hall–Kier alpha value is -1.09. The normalized spacial score (nSPS) is 14.6. The molecule has 1 aromatic heterocycles. The number of carbonyl (C=O) groups excluding carboxylic acids is 1. The zero-order valence-corrected chi connectivity index (χ0v) is 8.80. The maximum absolute atomic E-state index is 11.1. The highest BCUT2D eigenvalue weighted by molar-refractivity contribution is 7.99. The molecular formula is C11H11NOS. The van der Waals surface area contributed by atoms with E-state index < -0.39 is 0 Å². The number of ketones is 1. The lowest BCUT2D eigenvalue weighted by Crippen LogP contribution is -1.95. The third kappa shape index (κ3) is 1.87. The van der Waals surface area contributed by atoms with Crippen molar-refractivity contribution in [1.29, 1.82) is 0 Å². The summed E-state index contributed by atoms with van der Waals surface area (Å²) in [6.45, 7) is 1.57. The van der Waals surface area contributed by atoms with Gasteiger partial charge in [0.05, 0.1) is 5.69 Å². The van der Waals surface area contributed by atoms with Crippen LogP contribution in [0.3, 0.4) is 0 Å². The number of nitrogens with zero attached hydrogens (tertiary/aromatic N) is 1. The van der Waals surface area contributed by atoms with Gasteiger partial charge >= 0.3 is 0 Å². The zero-order chi connectivity index (χ0) is 9.97. The van der Waals surface area contributed by atoms with Gasteiger partial charge in [0, 0.05) is 22.4 Å². The van der Waals surface area contributed by atoms with E-state index in [2.05, 4.69) is 11.1 Å². The first-order chi connectivity index (χ1) is 6.77. The number of rotatable bonds is 1. The van der Waals surface area contributed by atoms with E-state index in [1.807, 2.05) is 12.1 Å². The second-order valence-electron chi connectivity index (χ2n) is 3.20. The average molecular weight is 205 g/mol. The minimum Gasteiger partial charge on any atom is -0.294 e. The third-order valence-corrected chi connectivity index (χ3v) is 3.18. The van der Waals surface area contributed by atoms with Crippen LogP contribution in [0.5, 0.6) is 0 Å². The van der Waals surface area contributed by atoms with Crippen LogP contribution in [0.25, 0.3) is 6.08 Å². The van der Waals surface area contributed by atoms with E-state index in [4.69, 9.17) is 0 Å². The Morgan fingerprint density at radius 2 is 2.43 bits per heavy atom. The summed E-state index contributed by atoms with van der Waals surface area (Å²) >= 11 is 1.76. The lowest BCUT2D eigenvalue weighted by atomic mass is 10.2. The summed E-state index contributed by atoms with van der Waals surface area (Å²) in [6, 6.07) is 1.94. The molecule has 0 atom stereocenters. The van der Waals surface area contributed by atoms with Crippen molar-refractivity contribution >= 4 is 23.6 Å². The maximum Gasteiger partial charge on any atom is 0.161 e. The molecule has 0 radical (unpaired) electrons. The van der Waals surface area contributed by atoms with Crippen molar-refractivity contribution in [3.8, 4) is 0 Å². The van der Waals surface area contributed by atoms with Crippen LogP contribution in [0.1, 0.15) is 29.4 Å². The first-order valence-corrected chi connectivity index (χ1v) is 5.56. The molecule has 0 N–H and O–H groups in total. The number of allylic oxidation sites excluding steroid dienone is 1. The molecule has 1 aromatic rings. The maximum atomic E-state index is 11.1. The summed E-state index contributed by atoms with van der Waals surface area (Å²) in [5, 5.41) is 0. The highest BCUT2D eigenvalue weighted by atomic mass is 32.2. The van der Waals surface area contributed by atoms with Crippen LogP contribution in [-0.4, -0.2) is 16.5 Å². The summed E-state index contributed by atoms with van der Waals surface area (Å²) in [5.74, 6) is 1.14. The molecule has 0 spiro atoms. The number of aromatic nitrogens is 1. The van der Waals surface area contributed by atoms with Crippen LogP contribution in [-0.2, 0) is 0 Å². The third-order valence-electron chi connectivity index (χ3n) is 2.11. The van der Waals surface area contributed by atoms with E-state index in [1.54, 1.807) is 24.9 Å². The average Bonchev–Trinajstić information content (AvgIpc) is 2.41. The summed E-state index contributed by atoms with van der Waals surface area (Å²) in [7, 11) is 0. The highest BCUT2D eigenvalue weighted by Gasteiger charge is 2.08. The molecule has 0 saturated carbocycles. The number of fused-ring (bicyclic) bond motifs is 1. The standard InChI is InChI=1S/C11H11NOS/c1-8(13)9-6-11-10(12-7-9)4-2-3-5-14-11/h2,4,6-7H,3,5H2,1H3. The van der Waals surface area contributed by atoms with Crippen molar-refractivity contribution < 1.29 is 4.79 Å². The van der Waals surface area contributed by atoms with Crippen LogP contribution in [0, 0.1) is 0 Å². The lowest BCUT2D eigenvalue weighted by molar-refractivity contribution is 0.101. The van der Waals surface area contributed by atoms with Gasteiger partial charge in [-0.3, -0.25) is 9.78 Å². The number of hydrogen-bond acceptors (Lipinski definition) is 3. The van der Waals surface area contributed by atoms with Crippen molar-refractivity contribution in [3.63, 3.8) is 0 Å². The predicted octanol–water partition coefficient (Wildman–Crippen LogP) is 2.79. The molecule has 2 heterocycles. The van der Waals surface area contributed by atoms with E-state index >= 15 is 0 Å². The van der Waals surface area contributed by atoms with Crippen LogP contribution in [0.15, 0.2) is 23.2 Å². The molecule has 0 bridgehead atoms. The highest BCUT2D eigenvalue weighted by Crippen LogP contribution is 2.27. The molecule has 2 nitrogen and oxygen atoms in total. The Bertz CT molecular complexity index is 398. The monoisotopic (exact) mass is 205 g/mol. The van der Waals surface area contributed by atoms with Gasteiger partial charge in [-0.25, -0.2) is 0 Å². The van der Waals surface area contributed by atoms with Crippen molar-refractivity contribution in [1.82, 2.24) is 4.98 Å². The van der Waals surface area contributed by atoms with E-state index in [0.29, 0.717) is 5.56 Å². The molecule has 3 heteroatoms. The zero-order valence-electron chi connectivity index (χ0n) is 7.99. The van der Waals surface area contributed by atoms with Crippen LogP contribution in [0.2, 0.25) is 0 Å². The molecule has 2 rings (SSSR count). The van der Waals surface area contributed by atoms with Crippen LogP contribution >= 0.6 is 11.8 Å². The molecule has 0 saturated heterocycles. The van der Waals surface area contributed by atoms with Crippen LogP contribution < -0.4 is 0 Å². The van der Waals surface area contributed by atoms with Gasteiger partial charge < -0.3 is 0 Å². The second-order valence-corrected chi connectivity index (χ2v) is 4.34. The lowest BCUT2D eigenvalue weighted by Gasteiger charge is -2.03. The SMILES string of the molecule is CC(=O)c1cnc2c(c1)SCCC=C2. The van der Waals surface area contributed by atoms with Crippen molar-refractivity contribution in [2.45, 2.75) is 18.2 Å². The summed E-state index contributed by atoms with van der Waals surface area (Å²) in [6.07, 6.45) is 6.87. The predicted molar refractivity (Wildman–Crippen MR) is 58.6 cm³/mol. The van der Waals surface area contributed by atoms with E-state index in [9.17, 15) is 4.79 Å². The molecule has 14 heavy (non-hydrogen) atoms. The molecule has 1 aliphatic rings. The molecule has 0 unspecified atom stereocenters. The number of thioether (sulfide) groups is 1. The van der Waals surface area contributed by atoms with E-state index in [1.165, 1.54) is 0 Å². The Balaban J connectivity index is 2.44. The van der Waals surface area contributed by atoms with E-state index in [-0.39, 0.29) is 5.78 Å². The Morgan fingerprint density at radius 3 is 3.21 bits per heavy atom. The largest absolute Gasteiger partial charge is 0.294 e. The smallest absolute Gasteiger partial charge is 0.161 e. The Kier molecular flexibility index (Phi) is 2.68. The molecule has 0 fully saturated rings. The van der Waals surface area contributed by atoms with Crippen molar-refractivity contribution in [2.24, 2.45) is 0 Å². The van der Waals surface area contributed by atoms with Gasteiger partial charge in [-0.2, -0.15) is 0 Å². The molecule has 0 aliphatic carbocycles. The Morgan fingerprint density at radius 1 is 1.57 bits per heavy atom. The number of carbonyl (C=O) groups is 1. The molecule has 0 aromatic carbocycles. The second kappa shape index (κ2) is 3.96. The summed E-state index contributed by atoms with van der Waals surface area (Å²) < 4.78 is 0. The molecular weight excluding hydrogens is 194 g/mol. The topological polar surface area (TPSA) is 30.0 Å². The molecule has 72 valence electrons. The van der Waals surface area contributed by atoms with Gasteiger partial charge in [-0.1, -0.05) is 6.08 Å². The number of Topliss-reactive ketones (excluding diaryl/α,β-unsaturated/α-hetero) is 1. The van der Waals surface area contributed by atoms with Gasteiger partial charge in [-0.15, -0.1) is 11.8 Å². The summed E-state index contributed by atoms with van der Waals surface area (Å²) in [5.41, 5.74) is 1.68.